The average Bonchev–Trinajstić information content (AvgIpc) is 3.00. The Balaban J connectivity index is 2.21. The Morgan fingerprint density at radius 1 is 1.38 bits per heavy atom. The Hall–Kier alpha value is -2.04. The summed E-state index contributed by atoms with van der Waals surface area (Å²) >= 11 is 0. The summed E-state index contributed by atoms with van der Waals surface area (Å²) < 4.78 is 41.2. The fraction of sp³-hybridized carbons (Fsp3) is 0.562. The van der Waals surface area contributed by atoms with Crippen molar-refractivity contribution < 1.29 is 36.8 Å². The van der Waals surface area contributed by atoms with Gasteiger partial charge >= 0.3 is 5.97 Å². The van der Waals surface area contributed by atoms with Gasteiger partial charge in [-0.3, -0.25) is 19.0 Å². The molecule has 2 heterocycles. The number of esters is 1. The quantitative estimate of drug-likeness (QED) is 0.202. The van der Waals surface area contributed by atoms with Crippen molar-refractivity contribution in [2.75, 3.05) is 18.9 Å². The van der Waals surface area contributed by atoms with Crippen LogP contribution in [0, 0.1) is 11.8 Å². The molecular formula is C16H21NO8S. The molecule has 0 aliphatic carbocycles. The van der Waals surface area contributed by atoms with Gasteiger partial charge in [-0.2, -0.15) is 8.42 Å². The van der Waals surface area contributed by atoms with Crippen LogP contribution in [0.5, 0.6) is 0 Å². The van der Waals surface area contributed by atoms with E-state index in [1.807, 2.05) is 0 Å². The molecule has 4 unspecified atom stereocenters. The smallest absolute Gasteiger partial charge is 0.330 e. The summed E-state index contributed by atoms with van der Waals surface area (Å²) in [5, 5.41) is 0. The van der Waals surface area contributed by atoms with Gasteiger partial charge in [0.2, 0.25) is 11.8 Å². The molecule has 0 radical (unpaired) electrons. The third-order valence-corrected chi connectivity index (χ3v) is 5.42. The van der Waals surface area contributed by atoms with Gasteiger partial charge in [0.15, 0.2) is 0 Å². The largest absolute Gasteiger partial charge is 0.459 e. The van der Waals surface area contributed by atoms with E-state index in [1.54, 1.807) is 6.92 Å². The molecule has 4 atom stereocenters. The third-order valence-electron chi connectivity index (χ3n) is 4.62. The van der Waals surface area contributed by atoms with Crippen molar-refractivity contribution in [1.82, 2.24) is 4.90 Å². The van der Waals surface area contributed by atoms with Crippen molar-refractivity contribution in [1.29, 1.82) is 0 Å². The molecule has 0 aromatic rings. The number of amides is 2. The minimum absolute atomic E-state index is 0.0858. The fourth-order valence-electron chi connectivity index (χ4n) is 3.46. The standard InChI is InChI=1S/C16H21NO8S/c1-4-11(18)24-9-16(5-2)13-12(10(3)25-16)14(19)17(15(13)20)7-6-8-26(21,22)23/h4-5,10,12-13H,1-2,6-9H2,3H3,(H,21,22,23). The Labute approximate surface area is 151 Å². The van der Waals surface area contributed by atoms with E-state index < -0.39 is 57.2 Å². The molecule has 0 aromatic heterocycles. The number of fused-ring (bicyclic) bond motifs is 1. The first-order valence-electron chi connectivity index (χ1n) is 7.97. The number of likely N-dealkylation sites (tertiary alicyclic amines) is 1. The number of carbonyl (C=O) groups excluding carboxylic acids is 3. The van der Waals surface area contributed by atoms with Crippen LogP contribution in [0.15, 0.2) is 25.3 Å². The number of nitrogens with zero attached hydrogens (tertiary/aromatic N) is 1. The van der Waals surface area contributed by atoms with Crippen LogP contribution < -0.4 is 0 Å². The summed E-state index contributed by atoms with van der Waals surface area (Å²) in [6.45, 7) is 8.13. The van der Waals surface area contributed by atoms with Crippen molar-refractivity contribution in [3.8, 4) is 0 Å². The van der Waals surface area contributed by atoms with Crippen LogP contribution in [0.25, 0.3) is 0 Å². The van der Waals surface area contributed by atoms with E-state index in [0.29, 0.717) is 0 Å². The van der Waals surface area contributed by atoms with Crippen LogP contribution in [0.2, 0.25) is 0 Å². The van der Waals surface area contributed by atoms with Crippen LogP contribution in [0.3, 0.4) is 0 Å². The van der Waals surface area contributed by atoms with Gasteiger partial charge in [0, 0.05) is 12.6 Å². The first-order valence-corrected chi connectivity index (χ1v) is 9.58. The van der Waals surface area contributed by atoms with Crippen molar-refractivity contribution in [3.63, 3.8) is 0 Å². The molecule has 2 amide bonds. The maximum absolute atomic E-state index is 12.8. The molecule has 2 rings (SSSR count). The van der Waals surface area contributed by atoms with Gasteiger partial charge < -0.3 is 9.47 Å². The van der Waals surface area contributed by atoms with Gasteiger partial charge in [-0.25, -0.2) is 4.79 Å². The summed E-state index contributed by atoms with van der Waals surface area (Å²) in [4.78, 5) is 37.7. The van der Waals surface area contributed by atoms with Gasteiger partial charge in [-0.05, 0) is 13.3 Å². The normalized spacial score (nSPS) is 31.0. The summed E-state index contributed by atoms with van der Waals surface area (Å²) in [6, 6.07) is 0. The van der Waals surface area contributed by atoms with Crippen LogP contribution >= 0.6 is 0 Å². The molecular weight excluding hydrogens is 366 g/mol. The lowest BCUT2D eigenvalue weighted by molar-refractivity contribution is -0.155. The Kier molecular flexibility index (Phi) is 5.69. The second-order valence-corrected chi connectivity index (χ2v) is 7.84. The van der Waals surface area contributed by atoms with Crippen LogP contribution in [-0.2, 0) is 34.0 Å². The van der Waals surface area contributed by atoms with E-state index in [0.717, 1.165) is 11.0 Å². The molecule has 0 bridgehead atoms. The zero-order valence-corrected chi connectivity index (χ0v) is 15.1. The maximum atomic E-state index is 12.8. The highest BCUT2D eigenvalue weighted by Gasteiger charge is 2.64. The molecule has 1 N–H and O–H groups in total. The molecule has 2 aliphatic rings. The molecule has 0 spiro atoms. The number of imide groups is 1. The highest BCUT2D eigenvalue weighted by atomic mass is 32.2. The van der Waals surface area contributed by atoms with Gasteiger partial charge in [0.25, 0.3) is 10.1 Å². The van der Waals surface area contributed by atoms with Crippen molar-refractivity contribution in [2.24, 2.45) is 11.8 Å². The fourth-order valence-corrected chi connectivity index (χ4v) is 3.95. The second-order valence-electron chi connectivity index (χ2n) is 6.27. The summed E-state index contributed by atoms with van der Waals surface area (Å²) in [7, 11) is -4.19. The van der Waals surface area contributed by atoms with E-state index in [4.69, 9.17) is 14.0 Å². The Morgan fingerprint density at radius 2 is 2.04 bits per heavy atom. The first-order chi connectivity index (χ1) is 12.1. The molecule has 0 saturated carbocycles. The molecule has 9 nitrogen and oxygen atoms in total. The van der Waals surface area contributed by atoms with Gasteiger partial charge in [0.05, 0.1) is 23.7 Å². The van der Waals surface area contributed by atoms with Gasteiger partial charge in [0.1, 0.15) is 12.2 Å². The van der Waals surface area contributed by atoms with E-state index in [1.165, 1.54) is 6.08 Å². The Morgan fingerprint density at radius 3 is 2.58 bits per heavy atom. The van der Waals surface area contributed by atoms with E-state index >= 15 is 0 Å². The topological polar surface area (TPSA) is 127 Å². The number of rotatable bonds is 8. The monoisotopic (exact) mass is 387 g/mol. The van der Waals surface area contributed by atoms with Crippen molar-refractivity contribution in [2.45, 2.75) is 25.0 Å². The highest BCUT2D eigenvalue weighted by molar-refractivity contribution is 7.85. The minimum Gasteiger partial charge on any atom is -0.459 e. The predicted molar refractivity (Wildman–Crippen MR) is 89.4 cm³/mol. The lowest BCUT2D eigenvalue weighted by atomic mass is 9.81. The van der Waals surface area contributed by atoms with E-state index in [9.17, 15) is 22.8 Å². The Bertz CT molecular complexity index is 745. The molecule has 2 fully saturated rings. The maximum Gasteiger partial charge on any atom is 0.330 e. The van der Waals surface area contributed by atoms with E-state index in [2.05, 4.69) is 13.2 Å². The molecule has 0 aromatic carbocycles. The minimum atomic E-state index is -4.19. The van der Waals surface area contributed by atoms with Gasteiger partial charge in [-0.15, -0.1) is 6.58 Å². The number of hydrogen-bond acceptors (Lipinski definition) is 7. The highest BCUT2D eigenvalue weighted by Crippen LogP contribution is 2.47. The average molecular weight is 387 g/mol. The number of hydrogen-bond donors (Lipinski definition) is 1. The van der Waals surface area contributed by atoms with Crippen LogP contribution in [0.1, 0.15) is 13.3 Å². The predicted octanol–water partition coefficient (Wildman–Crippen LogP) is -0.0618. The summed E-state index contributed by atoms with van der Waals surface area (Å²) in [5.74, 6) is -4.00. The van der Waals surface area contributed by atoms with Gasteiger partial charge in [-0.1, -0.05) is 12.7 Å². The summed E-state index contributed by atoms with van der Waals surface area (Å²) in [5.41, 5.74) is -1.35. The zero-order chi connectivity index (χ0) is 19.7. The van der Waals surface area contributed by atoms with Crippen LogP contribution in [-0.4, -0.2) is 66.3 Å². The van der Waals surface area contributed by atoms with Crippen molar-refractivity contribution >= 4 is 27.9 Å². The van der Waals surface area contributed by atoms with Crippen molar-refractivity contribution in [3.05, 3.63) is 25.3 Å². The summed E-state index contributed by atoms with van der Waals surface area (Å²) in [6.07, 6.45) is 1.61. The number of ether oxygens (including phenoxy) is 2. The second kappa shape index (κ2) is 7.29. The van der Waals surface area contributed by atoms with Crippen LogP contribution in [0.4, 0.5) is 0 Å². The zero-order valence-electron chi connectivity index (χ0n) is 14.3. The molecule has 144 valence electrons. The molecule has 2 aliphatic heterocycles. The lowest BCUT2D eigenvalue weighted by Crippen LogP contribution is -2.45. The first kappa shape index (κ1) is 20.3. The SMILES string of the molecule is C=CC(=O)OCC1(C=C)OC(C)C2C(=O)N(CCCS(=O)(=O)O)C(=O)C21. The molecule has 10 heteroatoms. The third kappa shape index (κ3) is 3.71. The number of carbonyl (C=O) groups is 3. The lowest BCUT2D eigenvalue weighted by Gasteiger charge is -2.30. The molecule has 26 heavy (non-hydrogen) atoms. The molecule has 2 saturated heterocycles. The van der Waals surface area contributed by atoms with E-state index in [-0.39, 0.29) is 19.6 Å².